The first-order chi connectivity index (χ1) is 11.1. The Morgan fingerprint density at radius 2 is 2.13 bits per heavy atom. The first kappa shape index (κ1) is 15.8. The maximum absolute atomic E-state index is 12.0. The Morgan fingerprint density at radius 3 is 2.87 bits per heavy atom. The molecule has 0 aliphatic carbocycles. The summed E-state index contributed by atoms with van der Waals surface area (Å²) in [6, 6.07) is 10.1. The van der Waals surface area contributed by atoms with E-state index in [-0.39, 0.29) is 12.5 Å². The number of nitrogens with one attached hydrogen (secondary N) is 1. The van der Waals surface area contributed by atoms with Crippen LogP contribution >= 0.6 is 0 Å². The Morgan fingerprint density at radius 1 is 1.35 bits per heavy atom. The van der Waals surface area contributed by atoms with Gasteiger partial charge in [0.05, 0.1) is 17.9 Å². The summed E-state index contributed by atoms with van der Waals surface area (Å²) < 4.78 is 5.12. The van der Waals surface area contributed by atoms with E-state index in [0.29, 0.717) is 17.9 Å². The minimum atomic E-state index is -0.587. The van der Waals surface area contributed by atoms with Crippen molar-refractivity contribution < 1.29 is 14.3 Å². The average molecular weight is 314 g/mol. The van der Waals surface area contributed by atoms with Crippen LogP contribution in [0.25, 0.3) is 0 Å². The molecule has 1 aliphatic heterocycles. The third-order valence-electron chi connectivity index (χ3n) is 4.28. The van der Waals surface area contributed by atoms with Gasteiger partial charge in [-0.3, -0.25) is 9.69 Å². The standard InChI is InChI=1S/C18H22N2O3/c1-13-17(7-9-23-13)18(22)19-10-16(21)12-20-8-6-14-4-2-3-5-15(14)11-20/h2-5,7,9,16,21H,6,8,10-12H2,1H3,(H,19,22). The monoisotopic (exact) mass is 314 g/mol. The smallest absolute Gasteiger partial charge is 0.254 e. The van der Waals surface area contributed by atoms with Crippen molar-refractivity contribution in [3.63, 3.8) is 0 Å². The van der Waals surface area contributed by atoms with Gasteiger partial charge in [0, 0.05) is 26.2 Å². The number of aliphatic hydroxyl groups is 1. The SMILES string of the molecule is Cc1occc1C(=O)NCC(O)CN1CCc2ccccc2C1. The molecular weight excluding hydrogens is 292 g/mol. The predicted molar refractivity (Wildman–Crippen MR) is 87.2 cm³/mol. The fourth-order valence-electron chi connectivity index (χ4n) is 3.00. The summed E-state index contributed by atoms with van der Waals surface area (Å²) in [7, 11) is 0. The molecule has 23 heavy (non-hydrogen) atoms. The van der Waals surface area contributed by atoms with Crippen LogP contribution in [-0.2, 0) is 13.0 Å². The van der Waals surface area contributed by atoms with Crippen LogP contribution in [0.2, 0.25) is 0 Å². The fourth-order valence-corrected chi connectivity index (χ4v) is 3.00. The van der Waals surface area contributed by atoms with Crippen molar-refractivity contribution in [2.24, 2.45) is 0 Å². The topological polar surface area (TPSA) is 65.7 Å². The van der Waals surface area contributed by atoms with Gasteiger partial charge in [0.2, 0.25) is 0 Å². The molecule has 0 saturated carbocycles. The molecule has 1 amide bonds. The largest absolute Gasteiger partial charge is 0.469 e. The molecule has 1 unspecified atom stereocenters. The van der Waals surface area contributed by atoms with Crippen LogP contribution in [0.5, 0.6) is 0 Å². The number of fused-ring (bicyclic) bond motifs is 1. The molecule has 2 heterocycles. The number of hydrogen-bond donors (Lipinski definition) is 2. The maximum Gasteiger partial charge on any atom is 0.254 e. The van der Waals surface area contributed by atoms with E-state index in [9.17, 15) is 9.90 Å². The number of aliphatic hydroxyl groups excluding tert-OH is 1. The Balaban J connectivity index is 1.48. The molecule has 3 rings (SSSR count). The van der Waals surface area contributed by atoms with Crippen LogP contribution in [0.1, 0.15) is 27.2 Å². The molecule has 0 bridgehead atoms. The third kappa shape index (κ3) is 3.81. The van der Waals surface area contributed by atoms with Crippen LogP contribution in [0.15, 0.2) is 41.0 Å². The van der Waals surface area contributed by atoms with Crippen molar-refractivity contribution in [3.8, 4) is 0 Å². The molecule has 1 aliphatic rings. The van der Waals surface area contributed by atoms with E-state index >= 15 is 0 Å². The van der Waals surface area contributed by atoms with Gasteiger partial charge in [-0.25, -0.2) is 0 Å². The zero-order valence-electron chi connectivity index (χ0n) is 13.3. The second-order valence-electron chi connectivity index (χ2n) is 6.01. The highest BCUT2D eigenvalue weighted by molar-refractivity contribution is 5.95. The minimum absolute atomic E-state index is 0.209. The number of amides is 1. The van der Waals surface area contributed by atoms with Crippen molar-refractivity contribution in [2.45, 2.75) is 26.0 Å². The number of carbonyl (C=O) groups excluding carboxylic acids is 1. The Bertz CT molecular complexity index is 680. The van der Waals surface area contributed by atoms with Gasteiger partial charge in [-0.1, -0.05) is 24.3 Å². The number of furan rings is 1. The average Bonchev–Trinajstić information content (AvgIpc) is 2.98. The van der Waals surface area contributed by atoms with E-state index in [1.54, 1.807) is 13.0 Å². The molecule has 0 saturated heterocycles. The Hall–Kier alpha value is -2.11. The van der Waals surface area contributed by atoms with Crippen molar-refractivity contribution in [1.82, 2.24) is 10.2 Å². The molecular formula is C18H22N2O3. The van der Waals surface area contributed by atoms with Crippen LogP contribution in [0.4, 0.5) is 0 Å². The minimum Gasteiger partial charge on any atom is -0.469 e. The van der Waals surface area contributed by atoms with Crippen LogP contribution in [-0.4, -0.2) is 41.7 Å². The summed E-state index contributed by atoms with van der Waals surface area (Å²) in [6.45, 7) is 4.32. The van der Waals surface area contributed by atoms with E-state index < -0.39 is 6.10 Å². The van der Waals surface area contributed by atoms with E-state index in [1.807, 2.05) is 6.07 Å². The number of nitrogens with zero attached hydrogens (tertiary/aromatic N) is 1. The van der Waals surface area contributed by atoms with Gasteiger partial charge < -0.3 is 14.8 Å². The number of hydrogen-bond acceptors (Lipinski definition) is 4. The van der Waals surface area contributed by atoms with Crippen LogP contribution in [0.3, 0.4) is 0 Å². The normalized spacial score (nSPS) is 15.9. The van der Waals surface area contributed by atoms with Crippen LogP contribution < -0.4 is 5.32 Å². The van der Waals surface area contributed by atoms with E-state index in [4.69, 9.17) is 4.42 Å². The first-order valence-electron chi connectivity index (χ1n) is 7.93. The second-order valence-corrected chi connectivity index (χ2v) is 6.01. The summed E-state index contributed by atoms with van der Waals surface area (Å²) in [6.07, 6.45) is 1.91. The number of aryl methyl sites for hydroxylation is 1. The molecule has 1 aromatic carbocycles. The summed E-state index contributed by atoms with van der Waals surface area (Å²) in [5, 5.41) is 12.9. The predicted octanol–water partition coefficient (Wildman–Crippen LogP) is 1.74. The highest BCUT2D eigenvalue weighted by atomic mass is 16.3. The third-order valence-corrected chi connectivity index (χ3v) is 4.28. The van der Waals surface area contributed by atoms with Gasteiger partial charge in [0.1, 0.15) is 5.76 Å². The van der Waals surface area contributed by atoms with Gasteiger partial charge >= 0.3 is 0 Å². The number of benzene rings is 1. The molecule has 0 fully saturated rings. The lowest BCUT2D eigenvalue weighted by Crippen LogP contribution is -2.42. The summed E-state index contributed by atoms with van der Waals surface area (Å²) in [5.74, 6) is 0.379. The number of rotatable bonds is 5. The molecule has 1 aromatic heterocycles. The second kappa shape index (κ2) is 6.98. The van der Waals surface area contributed by atoms with Gasteiger partial charge in [0.25, 0.3) is 5.91 Å². The first-order valence-corrected chi connectivity index (χ1v) is 7.93. The number of β-amino-alcohol motifs (C(OH)–C–C–N with tert-alkyl or cyclic N) is 1. The fraction of sp³-hybridized carbons (Fsp3) is 0.389. The van der Waals surface area contributed by atoms with E-state index in [1.165, 1.54) is 17.4 Å². The molecule has 122 valence electrons. The molecule has 2 N–H and O–H groups in total. The summed E-state index contributed by atoms with van der Waals surface area (Å²) in [4.78, 5) is 14.2. The van der Waals surface area contributed by atoms with Crippen molar-refractivity contribution >= 4 is 5.91 Å². The van der Waals surface area contributed by atoms with Gasteiger partial charge in [-0.05, 0) is 30.5 Å². The molecule has 2 aromatic rings. The number of carbonyl (C=O) groups is 1. The van der Waals surface area contributed by atoms with Gasteiger partial charge in [-0.15, -0.1) is 0 Å². The van der Waals surface area contributed by atoms with E-state index in [0.717, 1.165) is 19.5 Å². The Kier molecular flexibility index (Phi) is 4.79. The molecule has 1 atom stereocenters. The summed E-state index contributed by atoms with van der Waals surface area (Å²) >= 11 is 0. The molecule has 0 spiro atoms. The van der Waals surface area contributed by atoms with Gasteiger partial charge in [0.15, 0.2) is 0 Å². The molecule has 5 heteroatoms. The lowest BCUT2D eigenvalue weighted by Gasteiger charge is -2.30. The molecule has 0 radical (unpaired) electrons. The zero-order chi connectivity index (χ0) is 16.2. The lowest BCUT2D eigenvalue weighted by molar-refractivity contribution is 0.0840. The van der Waals surface area contributed by atoms with Crippen LogP contribution in [0, 0.1) is 6.92 Å². The van der Waals surface area contributed by atoms with E-state index in [2.05, 4.69) is 28.4 Å². The highest BCUT2D eigenvalue weighted by Gasteiger charge is 2.19. The summed E-state index contributed by atoms with van der Waals surface area (Å²) in [5.41, 5.74) is 3.23. The zero-order valence-corrected chi connectivity index (χ0v) is 13.3. The quantitative estimate of drug-likeness (QED) is 0.882. The maximum atomic E-state index is 12.0. The highest BCUT2D eigenvalue weighted by Crippen LogP contribution is 2.18. The van der Waals surface area contributed by atoms with Crippen molar-refractivity contribution in [1.29, 1.82) is 0 Å². The Labute approximate surface area is 135 Å². The lowest BCUT2D eigenvalue weighted by atomic mass is 10.00. The van der Waals surface area contributed by atoms with Gasteiger partial charge in [-0.2, -0.15) is 0 Å². The van der Waals surface area contributed by atoms with Crippen molar-refractivity contribution in [3.05, 3.63) is 59.0 Å². The molecule has 5 nitrogen and oxygen atoms in total. The van der Waals surface area contributed by atoms with Crippen molar-refractivity contribution in [2.75, 3.05) is 19.6 Å².